The molecular weight excluding hydrogens is 426 g/mol. The van der Waals surface area contributed by atoms with E-state index in [1.54, 1.807) is 36.4 Å². The fourth-order valence-electron chi connectivity index (χ4n) is 2.33. The fourth-order valence-corrected chi connectivity index (χ4v) is 2.46. The zero-order valence-electron chi connectivity index (χ0n) is 16.8. The Morgan fingerprint density at radius 2 is 1.61 bits per heavy atom. The molecule has 2 aromatic rings. The van der Waals surface area contributed by atoms with Crippen molar-refractivity contribution in [2.45, 2.75) is 19.8 Å². The van der Waals surface area contributed by atoms with E-state index >= 15 is 0 Å². The summed E-state index contributed by atoms with van der Waals surface area (Å²) >= 11 is 5.74. The molecule has 0 bridgehead atoms. The number of carbonyl (C=O) groups excluding carboxylic acids is 4. The van der Waals surface area contributed by atoms with E-state index in [1.807, 2.05) is 6.92 Å². The van der Waals surface area contributed by atoms with Crippen molar-refractivity contribution in [2.24, 2.45) is 0 Å². The molecule has 10 heteroatoms. The molecule has 0 atom stereocenters. The molecule has 164 valence electrons. The van der Waals surface area contributed by atoms with Gasteiger partial charge in [-0.05, 0) is 43.3 Å². The maximum absolute atomic E-state index is 12.0. The van der Waals surface area contributed by atoms with Crippen molar-refractivity contribution in [2.75, 3.05) is 18.5 Å². The Morgan fingerprint density at radius 3 is 2.32 bits per heavy atom. The number of hydrogen-bond donors (Lipinski definition) is 3. The molecule has 0 aliphatic heterocycles. The average Bonchev–Trinajstić information content (AvgIpc) is 2.76. The number of ether oxygens (including phenoxy) is 2. The Kier molecular flexibility index (Phi) is 9.31. The molecule has 3 N–H and O–H groups in total. The second-order valence-corrected chi connectivity index (χ2v) is 6.58. The highest BCUT2D eigenvalue weighted by atomic mass is 35.5. The van der Waals surface area contributed by atoms with Gasteiger partial charge in [0, 0.05) is 17.0 Å². The van der Waals surface area contributed by atoms with E-state index in [-0.39, 0.29) is 12.8 Å². The molecule has 2 rings (SSSR count). The first-order chi connectivity index (χ1) is 14.9. The number of nitrogens with one attached hydrogen (secondary N) is 3. The van der Waals surface area contributed by atoms with Crippen LogP contribution in [0.15, 0.2) is 48.5 Å². The van der Waals surface area contributed by atoms with Gasteiger partial charge in [-0.2, -0.15) is 0 Å². The lowest BCUT2D eigenvalue weighted by molar-refractivity contribution is -0.148. The number of para-hydroxylation sites is 2. The summed E-state index contributed by atoms with van der Waals surface area (Å²) in [6, 6.07) is 12.9. The number of halogens is 1. The highest BCUT2D eigenvalue weighted by molar-refractivity contribution is 6.30. The minimum absolute atomic E-state index is 0.228. The summed E-state index contributed by atoms with van der Waals surface area (Å²) in [5, 5.41) is 3.07. The first kappa shape index (κ1) is 23.7. The van der Waals surface area contributed by atoms with Crippen molar-refractivity contribution in [3.05, 3.63) is 59.1 Å². The van der Waals surface area contributed by atoms with Crippen LogP contribution in [0.3, 0.4) is 0 Å². The van der Waals surface area contributed by atoms with Crippen LogP contribution in [-0.4, -0.2) is 36.9 Å². The van der Waals surface area contributed by atoms with Gasteiger partial charge in [0.25, 0.3) is 11.8 Å². The Bertz CT molecular complexity index is 933. The molecule has 0 aliphatic rings. The molecular formula is C21H22ClN3O6. The molecule has 3 amide bonds. The summed E-state index contributed by atoms with van der Waals surface area (Å²) in [4.78, 5) is 47.4. The number of benzene rings is 2. The van der Waals surface area contributed by atoms with Gasteiger partial charge in [-0.1, -0.05) is 23.7 Å². The zero-order valence-corrected chi connectivity index (χ0v) is 17.5. The quantitative estimate of drug-likeness (QED) is 0.401. The highest BCUT2D eigenvalue weighted by Gasteiger charge is 2.13. The molecule has 0 fully saturated rings. The molecule has 0 saturated carbocycles. The van der Waals surface area contributed by atoms with Crippen molar-refractivity contribution in [3.8, 4) is 5.75 Å². The van der Waals surface area contributed by atoms with Crippen molar-refractivity contribution < 1.29 is 28.7 Å². The Labute approximate surface area is 184 Å². The third-order valence-electron chi connectivity index (χ3n) is 3.80. The molecule has 0 aromatic heterocycles. The number of hydrazine groups is 1. The Balaban J connectivity index is 1.67. The van der Waals surface area contributed by atoms with E-state index < -0.39 is 30.3 Å². The monoisotopic (exact) mass is 447 g/mol. The van der Waals surface area contributed by atoms with E-state index in [4.69, 9.17) is 21.1 Å². The zero-order chi connectivity index (χ0) is 22.6. The van der Waals surface area contributed by atoms with Crippen molar-refractivity contribution in [3.63, 3.8) is 0 Å². The maximum Gasteiger partial charge on any atom is 0.306 e. The van der Waals surface area contributed by atoms with Gasteiger partial charge in [-0.3, -0.25) is 30.0 Å². The van der Waals surface area contributed by atoms with Gasteiger partial charge >= 0.3 is 5.97 Å². The van der Waals surface area contributed by atoms with Gasteiger partial charge in [0.1, 0.15) is 5.75 Å². The third kappa shape index (κ3) is 8.35. The van der Waals surface area contributed by atoms with Crippen LogP contribution >= 0.6 is 11.6 Å². The van der Waals surface area contributed by atoms with E-state index in [0.717, 1.165) is 0 Å². The van der Waals surface area contributed by atoms with Crippen molar-refractivity contribution in [1.29, 1.82) is 0 Å². The minimum Gasteiger partial charge on any atom is -0.492 e. The van der Waals surface area contributed by atoms with Gasteiger partial charge < -0.3 is 14.8 Å². The van der Waals surface area contributed by atoms with Crippen LogP contribution in [-0.2, 0) is 19.1 Å². The number of amides is 3. The summed E-state index contributed by atoms with van der Waals surface area (Å²) in [5.74, 6) is -1.89. The number of esters is 1. The molecule has 0 unspecified atom stereocenters. The molecule has 9 nitrogen and oxygen atoms in total. The summed E-state index contributed by atoms with van der Waals surface area (Å²) in [6.45, 7) is 1.75. The summed E-state index contributed by atoms with van der Waals surface area (Å²) in [6.07, 6.45) is -0.486. The lowest BCUT2D eigenvalue weighted by atomic mass is 10.2. The average molecular weight is 448 g/mol. The SMILES string of the molecule is CCOc1ccccc1NC(=O)COC(=O)CCC(=O)NNC(=O)c1ccc(Cl)cc1. The normalized spacial score (nSPS) is 10.0. The highest BCUT2D eigenvalue weighted by Crippen LogP contribution is 2.23. The van der Waals surface area contributed by atoms with Crippen LogP contribution in [0.1, 0.15) is 30.1 Å². The second kappa shape index (κ2) is 12.2. The number of hydrogen-bond acceptors (Lipinski definition) is 6. The predicted molar refractivity (Wildman–Crippen MR) is 113 cm³/mol. The van der Waals surface area contributed by atoms with Crippen LogP contribution in [0.5, 0.6) is 5.75 Å². The van der Waals surface area contributed by atoms with Gasteiger partial charge in [-0.15, -0.1) is 0 Å². The smallest absolute Gasteiger partial charge is 0.306 e. The standard InChI is InChI=1S/C21H22ClN3O6/c1-2-30-17-6-4-3-5-16(17)23-19(27)13-31-20(28)12-11-18(26)24-25-21(29)14-7-9-15(22)10-8-14/h3-10H,2,11-13H2,1H3,(H,23,27)(H,24,26)(H,25,29). The molecule has 2 aromatic carbocycles. The molecule has 0 spiro atoms. The first-order valence-electron chi connectivity index (χ1n) is 9.41. The molecule has 0 radical (unpaired) electrons. The minimum atomic E-state index is -0.729. The number of anilines is 1. The largest absolute Gasteiger partial charge is 0.492 e. The van der Waals surface area contributed by atoms with Crippen LogP contribution in [0, 0.1) is 0 Å². The molecule has 31 heavy (non-hydrogen) atoms. The molecule has 0 heterocycles. The lowest BCUT2D eigenvalue weighted by Crippen LogP contribution is -2.41. The van der Waals surface area contributed by atoms with E-state index in [2.05, 4.69) is 16.2 Å². The first-order valence-corrected chi connectivity index (χ1v) is 9.79. The lowest BCUT2D eigenvalue weighted by Gasteiger charge is -2.11. The van der Waals surface area contributed by atoms with Crippen LogP contribution in [0.2, 0.25) is 5.02 Å². The topological polar surface area (TPSA) is 123 Å². The summed E-state index contributed by atoms with van der Waals surface area (Å²) < 4.78 is 10.3. The third-order valence-corrected chi connectivity index (χ3v) is 4.06. The van der Waals surface area contributed by atoms with Gasteiger partial charge in [0.2, 0.25) is 5.91 Å². The van der Waals surface area contributed by atoms with Crippen LogP contribution < -0.4 is 20.9 Å². The Hall–Kier alpha value is -3.59. The number of rotatable bonds is 9. The van der Waals surface area contributed by atoms with Crippen molar-refractivity contribution >= 4 is 41.0 Å². The van der Waals surface area contributed by atoms with Crippen LogP contribution in [0.4, 0.5) is 5.69 Å². The molecule has 0 saturated heterocycles. The maximum atomic E-state index is 12.0. The second-order valence-electron chi connectivity index (χ2n) is 6.15. The summed E-state index contributed by atoms with van der Waals surface area (Å²) in [7, 11) is 0. The van der Waals surface area contributed by atoms with Crippen LogP contribution in [0.25, 0.3) is 0 Å². The number of carbonyl (C=O) groups is 4. The van der Waals surface area contributed by atoms with Gasteiger partial charge in [0.15, 0.2) is 6.61 Å². The van der Waals surface area contributed by atoms with E-state index in [0.29, 0.717) is 28.6 Å². The van der Waals surface area contributed by atoms with Gasteiger partial charge in [-0.25, -0.2) is 0 Å². The summed E-state index contributed by atoms with van der Waals surface area (Å²) in [5.41, 5.74) is 5.19. The fraction of sp³-hybridized carbons (Fsp3) is 0.238. The van der Waals surface area contributed by atoms with E-state index in [1.165, 1.54) is 12.1 Å². The van der Waals surface area contributed by atoms with E-state index in [9.17, 15) is 19.2 Å². The predicted octanol–water partition coefficient (Wildman–Crippen LogP) is 2.46. The van der Waals surface area contributed by atoms with Crippen molar-refractivity contribution in [1.82, 2.24) is 10.9 Å². The molecule has 0 aliphatic carbocycles. The van der Waals surface area contributed by atoms with Gasteiger partial charge in [0.05, 0.1) is 18.7 Å². The Morgan fingerprint density at radius 1 is 0.903 bits per heavy atom.